The molecule has 110 heavy (non-hydrogen) atoms. The molecule has 0 unspecified atom stereocenters. The van der Waals surface area contributed by atoms with E-state index in [0.717, 1.165) is 74.5 Å². The van der Waals surface area contributed by atoms with Crippen molar-refractivity contribution in [3.8, 4) is 0 Å². The first-order chi connectivity index (χ1) is 51.0. The number of nitrogens with two attached hydrogens (primary N) is 1. The minimum Gasteiger partial charge on any atom is -0.480 e. The lowest BCUT2D eigenvalue weighted by Gasteiger charge is -2.53. The van der Waals surface area contributed by atoms with Crippen LogP contribution < -0.4 is 11.1 Å². The highest BCUT2D eigenvalue weighted by molar-refractivity contribution is 7.89. The lowest BCUT2D eigenvalue weighted by Crippen LogP contribution is -2.76. The van der Waals surface area contributed by atoms with Crippen molar-refractivity contribution in [1.29, 1.82) is 0 Å². The van der Waals surface area contributed by atoms with E-state index in [1.54, 1.807) is 11.8 Å². The Hall–Kier alpha value is -7.70. The van der Waals surface area contributed by atoms with E-state index in [1.807, 2.05) is 142 Å². The Bertz CT molecular complexity index is 4030. The summed E-state index contributed by atoms with van der Waals surface area (Å²) >= 11 is 0. The maximum Gasteiger partial charge on any atom is 0.331 e. The number of sulfonamides is 3. The number of rotatable bonds is 25. The smallest absolute Gasteiger partial charge is 0.331 e. The van der Waals surface area contributed by atoms with E-state index in [2.05, 4.69) is 20.8 Å². The molecule has 0 saturated carbocycles. The molecule has 0 aromatic heterocycles. The van der Waals surface area contributed by atoms with Gasteiger partial charge in [-0.2, -0.15) is 12.9 Å². The van der Waals surface area contributed by atoms with Crippen LogP contribution in [0.1, 0.15) is 130 Å². The molecule has 12 atom stereocenters. The number of amides is 5. The summed E-state index contributed by atoms with van der Waals surface area (Å²) in [5.41, 5.74) is 5.05. The van der Waals surface area contributed by atoms with Crippen LogP contribution in [0, 0.1) is 0 Å². The average Bonchev–Trinajstić information content (AvgIpc) is 1.46. The summed E-state index contributed by atoms with van der Waals surface area (Å²) in [4.78, 5) is 105. The average molecular weight is 1590 g/mol. The Kier molecular flexibility index (Phi) is 33.5. The molecule has 604 valence electrons. The first kappa shape index (κ1) is 92.9. The van der Waals surface area contributed by atoms with Crippen molar-refractivity contribution in [2.75, 3.05) is 71.1 Å². The molecule has 4 aromatic rings. The molecule has 8 saturated heterocycles. The van der Waals surface area contributed by atoms with Crippen molar-refractivity contribution >= 4 is 93.0 Å². The molecule has 30 nitrogen and oxygen atoms in total. The van der Waals surface area contributed by atoms with Gasteiger partial charge in [-0.3, -0.25) is 24.0 Å². The van der Waals surface area contributed by atoms with Gasteiger partial charge in [0.05, 0.1) is 76.0 Å². The second-order valence-corrected chi connectivity index (χ2v) is 33.7. The second-order valence-electron chi connectivity index (χ2n) is 27.9. The third-order valence-corrected chi connectivity index (χ3v) is 24.4. The predicted octanol–water partition coefficient (Wildman–Crippen LogP) is 2.86. The van der Waals surface area contributed by atoms with Gasteiger partial charge in [-0.25, -0.2) is 39.6 Å². The third kappa shape index (κ3) is 20.8. The fraction of sp³-hybridized carbons (Fsp3) is 0.573. The van der Waals surface area contributed by atoms with Crippen LogP contribution in [0.2, 0.25) is 0 Å². The highest BCUT2D eigenvalue weighted by Gasteiger charge is 2.66. The number of primary amides is 1. The number of carboxylic acids is 1. The molecule has 8 fully saturated rings. The van der Waals surface area contributed by atoms with Crippen LogP contribution in [0.5, 0.6) is 0 Å². The van der Waals surface area contributed by atoms with Crippen LogP contribution in [0.4, 0.5) is 0 Å². The quantitative estimate of drug-likeness (QED) is 0.0362. The standard InChI is InChI=1S/C25H30N2O6S.C24H28N2O4.C11H19N3O5S.C11H18N2O6S.C2H6.2CH4.B2/c1-19(32-16-20-10-5-3-6-11-20)22(23(28)33-17-21-12-7-4-8-13-21)26-18-25(24(26)29)14-9-15-27(25)34(2,30)31;1-18(29-15-19-9-4-2-5-10-19)21(22(27)30-16-20-11-6-3-7-12-20)26-17-24(23(26)28)13-8-14-25-24;1-7(15)8(9(12)16)13-6-11(10(13)17)4-3-5-14(11)20(2,18)19;1-7(14)8(9(15)16)12-6-11(10(12)17)4-3-5-13(11)20(2,18)19;1-2;;;1-2/h3-8,10-13,19,22H,9,14-18H2,1-2H3;2-7,9-12,18,21,25H,8,13-17H2,1H3;7-8,15H,3-6H2,1-2H3,(H2,12,16);7-8,14H,3-6H2,1-2H3,(H,15,16);1-2H3;2*1H4;/t19-,22+,25+;18-,21+,24+;2*7-,8+,11+;;;;/m1111..../s1. The minimum absolute atomic E-state index is 0. The van der Waals surface area contributed by atoms with Crippen LogP contribution in [-0.2, 0) is 114 Å². The highest BCUT2D eigenvalue weighted by Crippen LogP contribution is 2.45. The number of nitrogens with one attached hydrogen (secondary N) is 1. The Labute approximate surface area is 650 Å². The number of ether oxygens (including phenoxy) is 4. The molecule has 4 spiro atoms. The van der Waals surface area contributed by atoms with Crippen molar-refractivity contribution in [3.05, 3.63) is 144 Å². The van der Waals surface area contributed by atoms with Crippen LogP contribution in [0.15, 0.2) is 121 Å². The molecular formula is C75H109B2N9O21S3. The number of aliphatic hydroxyl groups excluding tert-OH is 2. The van der Waals surface area contributed by atoms with Gasteiger partial charge >= 0.3 is 17.9 Å². The summed E-state index contributed by atoms with van der Waals surface area (Å²) in [7, 11) is -2.55. The molecule has 4 aromatic carbocycles. The Morgan fingerprint density at radius 2 is 0.755 bits per heavy atom. The number of β-lactam (4-membered cyclic amide) rings is 4. The number of likely N-dealkylation sites (tertiary alicyclic amines) is 4. The molecule has 12 rings (SSSR count). The van der Waals surface area contributed by atoms with Crippen LogP contribution in [0.25, 0.3) is 0 Å². The number of benzene rings is 4. The summed E-state index contributed by atoms with van der Waals surface area (Å²) in [6.45, 7) is 13.6. The van der Waals surface area contributed by atoms with Gasteiger partial charge in [0.25, 0.3) is 0 Å². The van der Waals surface area contributed by atoms with Gasteiger partial charge in [0.15, 0.2) is 18.1 Å². The van der Waals surface area contributed by atoms with Crippen molar-refractivity contribution in [3.63, 3.8) is 0 Å². The fourth-order valence-corrected chi connectivity index (χ4v) is 19.3. The third-order valence-electron chi connectivity index (χ3n) is 20.4. The van der Waals surface area contributed by atoms with Gasteiger partial charge in [-0.1, -0.05) is 150 Å². The lowest BCUT2D eigenvalue weighted by molar-refractivity contribution is -0.180. The van der Waals surface area contributed by atoms with E-state index < -0.39 is 136 Å². The monoisotopic (exact) mass is 1590 g/mol. The van der Waals surface area contributed by atoms with Crippen molar-refractivity contribution < 1.29 is 97.9 Å². The summed E-state index contributed by atoms with van der Waals surface area (Å²) < 4.78 is 98.3. The van der Waals surface area contributed by atoms with E-state index in [-0.39, 0.29) is 72.7 Å². The number of carbonyl (C=O) groups excluding carboxylic acids is 7. The zero-order chi connectivity index (χ0) is 79.9. The topological polar surface area (TPSA) is 397 Å². The first-order valence-electron chi connectivity index (χ1n) is 35.9. The summed E-state index contributed by atoms with van der Waals surface area (Å²) in [6.07, 6.45) is 4.59. The van der Waals surface area contributed by atoms with Crippen LogP contribution >= 0.6 is 0 Å². The van der Waals surface area contributed by atoms with Crippen molar-refractivity contribution in [2.45, 2.75) is 205 Å². The number of carboxylic acid groups (broad SMARTS) is 1. The van der Waals surface area contributed by atoms with E-state index in [9.17, 15) is 73.8 Å². The van der Waals surface area contributed by atoms with Crippen LogP contribution in [0.3, 0.4) is 0 Å². The molecule has 4 radical (unpaired) electrons. The van der Waals surface area contributed by atoms with Crippen molar-refractivity contribution in [2.24, 2.45) is 5.73 Å². The number of aliphatic hydroxyl groups is 2. The Morgan fingerprint density at radius 1 is 0.464 bits per heavy atom. The van der Waals surface area contributed by atoms with Gasteiger partial charge in [-0.05, 0) is 108 Å². The molecule has 5 amide bonds. The maximum absolute atomic E-state index is 13.4. The van der Waals surface area contributed by atoms with Gasteiger partial charge in [-0.15, -0.1) is 0 Å². The number of esters is 2. The molecule has 8 heterocycles. The van der Waals surface area contributed by atoms with Crippen LogP contribution in [-0.4, -0.2) is 278 Å². The number of carbonyl (C=O) groups is 8. The number of aliphatic carboxylic acids is 1. The number of hydrogen-bond donors (Lipinski definition) is 5. The summed E-state index contributed by atoms with van der Waals surface area (Å²) in [5, 5.41) is 31.4. The summed E-state index contributed by atoms with van der Waals surface area (Å²) in [6, 6.07) is 34.0. The molecular weight excluding hydrogens is 1480 g/mol. The van der Waals surface area contributed by atoms with E-state index in [0.29, 0.717) is 64.8 Å². The Balaban J connectivity index is 0.000000263. The van der Waals surface area contributed by atoms with Gasteiger partial charge in [0.2, 0.25) is 59.6 Å². The van der Waals surface area contributed by atoms with Gasteiger partial charge in [0, 0.05) is 41.7 Å². The highest BCUT2D eigenvalue weighted by atomic mass is 32.2. The zero-order valence-corrected chi connectivity index (χ0v) is 65.0. The second kappa shape index (κ2) is 39.7. The normalized spacial score (nSPS) is 24.2. The van der Waals surface area contributed by atoms with Crippen molar-refractivity contribution in [1.82, 2.24) is 37.8 Å². The molecule has 6 N–H and O–H groups in total. The maximum atomic E-state index is 13.4. The van der Waals surface area contributed by atoms with E-state index in [4.69, 9.17) is 29.8 Å². The minimum atomic E-state index is -3.55. The zero-order valence-electron chi connectivity index (χ0n) is 62.6. The Morgan fingerprint density at radius 3 is 1.01 bits per heavy atom. The first-order valence-corrected chi connectivity index (χ1v) is 41.4. The van der Waals surface area contributed by atoms with E-state index >= 15 is 0 Å². The molecule has 8 aliphatic rings. The molecule has 0 bridgehead atoms. The van der Waals surface area contributed by atoms with Gasteiger partial charge in [0.1, 0.15) is 41.4 Å². The predicted molar refractivity (Wildman–Crippen MR) is 413 cm³/mol. The molecule has 8 aliphatic heterocycles. The SMILES string of the molecule is C.C.CC.C[C@@H](O)[C@@H](C(=O)O)N1C[C@@]2(CCCN2S(C)(=O)=O)C1=O.C[C@@H](O)[C@@H](C(N)=O)N1C[C@@]2(CCCN2S(C)(=O)=O)C1=O.C[C@@H](OCc1ccccc1)[C@@H](C(=O)OCc1ccccc1)N1C[C@@]2(CCCN2)C1=O.C[C@@H](OCc1ccccc1)[C@@H](C(=O)OCc1ccccc1)N1C[C@@]2(CCCN2S(C)(=O)=O)C1=O.[B][B]. The molecule has 35 heteroatoms. The fourth-order valence-electron chi connectivity index (χ4n) is 15.4. The van der Waals surface area contributed by atoms with E-state index in [1.165, 1.54) is 27.4 Å². The summed E-state index contributed by atoms with van der Waals surface area (Å²) in [5.74, 6) is -4.49. The largest absolute Gasteiger partial charge is 0.480 e. The van der Waals surface area contributed by atoms with Gasteiger partial charge < -0.3 is 64.9 Å². The lowest BCUT2D eigenvalue weighted by atomic mass is 9.81. The number of nitrogens with zero attached hydrogens (tertiary/aromatic N) is 7. The number of hydrogen-bond acceptors (Lipinski definition) is 21. The molecule has 0 aliphatic carbocycles.